The first-order chi connectivity index (χ1) is 9.97. The minimum atomic E-state index is -3.73. The summed E-state index contributed by atoms with van der Waals surface area (Å²) in [7, 11) is -3.73. The largest absolute Gasteiger partial charge is 0.449 e. The first kappa shape index (κ1) is 18.4. The quantitative estimate of drug-likeness (QED) is 0.868. The number of ether oxygens (including phenoxy) is 1. The van der Waals surface area contributed by atoms with Gasteiger partial charge in [-0.3, -0.25) is 5.32 Å². The van der Waals surface area contributed by atoms with Crippen LogP contribution in [0.5, 0.6) is 0 Å². The van der Waals surface area contributed by atoms with E-state index in [4.69, 9.17) is 9.88 Å². The molecule has 22 heavy (non-hydrogen) atoms. The maximum atomic E-state index is 11.7. The number of carbonyl (C=O) groups excluding carboxylic acids is 1. The monoisotopic (exact) mass is 328 g/mol. The van der Waals surface area contributed by atoms with Gasteiger partial charge in [0, 0.05) is 5.69 Å². The summed E-state index contributed by atoms with van der Waals surface area (Å²) < 4.78 is 27.4. The van der Waals surface area contributed by atoms with Crippen LogP contribution in [0.25, 0.3) is 0 Å². The molecule has 1 unspecified atom stereocenters. The molecule has 0 radical (unpaired) electrons. The number of benzene rings is 1. The van der Waals surface area contributed by atoms with Gasteiger partial charge in [-0.05, 0) is 42.0 Å². The molecule has 0 aliphatic carbocycles. The van der Waals surface area contributed by atoms with Crippen LogP contribution in [0.2, 0.25) is 0 Å². The number of carbonyl (C=O) groups is 1. The minimum Gasteiger partial charge on any atom is -0.449 e. The summed E-state index contributed by atoms with van der Waals surface area (Å²) >= 11 is 0. The van der Waals surface area contributed by atoms with Gasteiger partial charge in [0.05, 0.1) is 11.5 Å². The van der Waals surface area contributed by atoms with Crippen LogP contribution in [0.15, 0.2) is 29.2 Å². The number of primary sulfonamides is 1. The van der Waals surface area contributed by atoms with Gasteiger partial charge in [-0.2, -0.15) is 0 Å². The third-order valence-electron chi connectivity index (χ3n) is 2.89. The third-order valence-corrected chi connectivity index (χ3v) is 3.82. The van der Waals surface area contributed by atoms with Crippen LogP contribution in [0.1, 0.15) is 34.1 Å². The Morgan fingerprint density at radius 2 is 1.82 bits per heavy atom. The van der Waals surface area contributed by atoms with Crippen molar-refractivity contribution in [3.63, 3.8) is 0 Å². The van der Waals surface area contributed by atoms with Crippen molar-refractivity contribution >= 4 is 21.8 Å². The molecule has 6 nitrogen and oxygen atoms in total. The first-order valence-corrected chi connectivity index (χ1v) is 8.59. The number of amides is 1. The van der Waals surface area contributed by atoms with Gasteiger partial charge in [-0.1, -0.05) is 27.7 Å². The normalized spacial score (nSPS) is 13.5. The predicted molar refractivity (Wildman–Crippen MR) is 86.0 cm³/mol. The average molecular weight is 328 g/mol. The van der Waals surface area contributed by atoms with Crippen molar-refractivity contribution in [1.29, 1.82) is 0 Å². The highest BCUT2D eigenvalue weighted by Crippen LogP contribution is 2.24. The molecule has 3 N–H and O–H groups in total. The smallest absolute Gasteiger partial charge is 0.411 e. The zero-order chi connectivity index (χ0) is 17.0. The molecule has 124 valence electrons. The van der Waals surface area contributed by atoms with Gasteiger partial charge in [0.2, 0.25) is 10.0 Å². The molecular formula is C15H24N2O4S. The number of sulfonamides is 1. The second kappa shape index (κ2) is 7.11. The number of nitrogens with two attached hydrogens (primary N) is 1. The lowest BCUT2D eigenvalue weighted by Crippen LogP contribution is -2.20. The Bertz CT molecular complexity index is 603. The molecular weight excluding hydrogens is 304 g/mol. The lowest BCUT2D eigenvalue weighted by atomic mass is 9.86. The number of anilines is 1. The standard InChI is InChI=1S/C15H24N2O4S/c1-11(9-15(2,3)4)10-21-14(18)17-12-5-7-13(8-6-12)22(16,19)20/h5-8,11H,9-10H2,1-4H3,(H,17,18)(H2,16,19,20). The highest BCUT2D eigenvalue weighted by atomic mass is 32.2. The van der Waals surface area contributed by atoms with Gasteiger partial charge in [-0.25, -0.2) is 18.4 Å². The topological polar surface area (TPSA) is 98.5 Å². The molecule has 0 aromatic heterocycles. The molecule has 7 heteroatoms. The molecule has 0 saturated heterocycles. The van der Waals surface area contributed by atoms with Gasteiger partial charge in [0.25, 0.3) is 0 Å². The summed E-state index contributed by atoms with van der Waals surface area (Å²) in [4.78, 5) is 11.7. The molecule has 1 aromatic carbocycles. The molecule has 1 atom stereocenters. The summed E-state index contributed by atoms with van der Waals surface area (Å²) in [6.07, 6.45) is 0.382. The molecule has 0 fully saturated rings. The Morgan fingerprint density at radius 1 is 1.27 bits per heavy atom. The van der Waals surface area contributed by atoms with Crippen LogP contribution in [0.3, 0.4) is 0 Å². The van der Waals surface area contributed by atoms with Crippen molar-refractivity contribution in [2.24, 2.45) is 16.5 Å². The van der Waals surface area contributed by atoms with E-state index >= 15 is 0 Å². The second-order valence-electron chi connectivity index (χ2n) is 6.66. The predicted octanol–water partition coefficient (Wildman–Crippen LogP) is 2.95. The molecule has 1 aromatic rings. The molecule has 0 aliphatic heterocycles. The van der Waals surface area contributed by atoms with Gasteiger partial charge in [-0.15, -0.1) is 0 Å². The minimum absolute atomic E-state index is 0.00906. The van der Waals surface area contributed by atoms with Crippen molar-refractivity contribution in [3.05, 3.63) is 24.3 Å². The third kappa shape index (κ3) is 6.91. The van der Waals surface area contributed by atoms with Crippen LogP contribution in [0, 0.1) is 11.3 Å². The van der Waals surface area contributed by atoms with E-state index in [2.05, 4.69) is 26.1 Å². The summed E-state index contributed by atoms with van der Waals surface area (Å²) in [5.74, 6) is 0.260. The number of hydrogen-bond donors (Lipinski definition) is 2. The average Bonchev–Trinajstić information content (AvgIpc) is 2.34. The van der Waals surface area contributed by atoms with Gasteiger partial charge < -0.3 is 4.74 Å². The van der Waals surface area contributed by atoms with Crippen molar-refractivity contribution in [1.82, 2.24) is 0 Å². The van der Waals surface area contributed by atoms with E-state index in [0.717, 1.165) is 6.42 Å². The summed E-state index contributed by atoms with van der Waals surface area (Å²) in [6, 6.07) is 5.57. The summed E-state index contributed by atoms with van der Waals surface area (Å²) in [6.45, 7) is 8.77. The van der Waals surface area contributed by atoms with E-state index in [-0.39, 0.29) is 16.2 Å². The maximum Gasteiger partial charge on any atom is 0.411 e. The summed E-state index contributed by atoms with van der Waals surface area (Å²) in [5, 5.41) is 7.54. The highest BCUT2D eigenvalue weighted by Gasteiger charge is 2.16. The molecule has 0 heterocycles. The van der Waals surface area contributed by atoms with Crippen molar-refractivity contribution in [2.75, 3.05) is 11.9 Å². The molecule has 0 spiro atoms. The number of hydrogen-bond acceptors (Lipinski definition) is 4. The number of rotatable bonds is 5. The van der Waals surface area contributed by atoms with Crippen LogP contribution in [-0.4, -0.2) is 21.1 Å². The Morgan fingerprint density at radius 3 is 2.27 bits per heavy atom. The summed E-state index contributed by atoms with van der Waals surface area (Å²) in [5.41, 5.74) is 0.629. The Kier molecular flexibility index (Phi) is 5.96. The van der Waals surface area contributed by atoms with Crippen LogP contribution >= 0.6 is 0 Å². The molecule has 1 rings (SSSR count). The SMILES string of the molecule is CC(COC(=O)Nc1ccc(S(N)(=O)=O)cc1)CC(C)(C)C. The zero-order valence-electron chi connectivity index (χ0n) is 13.4. The van der Waals surface area contributed by atoms with Gasteiger partial charge in [0.1, 0.15) is 0 Å². The van der Waals surface area contributed by atoms with Crippen LogP contribution in [-0.2, 0) is 14.8 Å². The van der Waals surface area contributed by atoms with E-state index < -0.39 is 16.1 Å². The van der Waals surface area contributed by atoms with E-state index in [1.54, 1.807) is 0 Å². The lowest BCUT2D eigenvalue weighted by Gasteiger charge is -2.22. The second-order valence-corrected chi connectivity index (χ2v) is 8.22. The fourth-order valence-corrected chi connectivity index (χ4v) is 2.72. The van der Waals surface area contributed by atoms with E-state index in [9.17, 15) is 13.2 Å². The zero-order valence-corrected chi connectivity index (χ0v) is 14.2. The van der Waals surface area contributed by atoms with E-state index in [1.807, 2.05) is 6.92 Å². The molecule has 1 amide bonds. The van der Waals surface area contributed by atoms with E-state index in [0.29, 0.717) is 12.3 Å². The highest BCUT2D eigenvalue weighted by molar-refractivity contribution is 7.89. The Balaban J connectivity index is 2.49. The fraction of sp³-hybridized carbons (Fsp3) is 0.533. The fourth-order valence-electron chi connectivity index (χ4n) is 2.20. The molecule has 0 aliphatic rings. The maximum absolute atomic E-state index is 11.7. The molecule has 0 saturated carbocycles. The Hall–Kier alpha value is -1.60. The number of nitrogens with one attached hydrogen (secondary N) is 1. The van der Waals surface area contributed by atoms with Gasteiger partial charge >= 0.3 is 6.09 Å². The Labute approximate surface area is 132 Å². The molecule has 0 bridgehead atoms. The first-order valence-electron chi connectivity index (χ1n) is 7.04. The van der Waals surface area contributed by atoms with Crippen molar-refractivity contribution in [3.8, 4) is 0 Å². The van der Waals surface area contributed by atoms with Crippen molar-refractivity contribution in [2.45, 2.75) is 39.0 Å². The lowest BCUT2D eigenvalue weighted by molar-refractivity contribution is 0.131. The van der Waals surface area contributed by atoms with Crippen molar-refractivity contribution < 1.29 is 17.9 Å². The van der Waals surface area contributed by atoms with Crippen LogP contribution in [0.4, 0.5) is 10.5 Å². The van der Waals surface area contributed by atoms with E-state index in [1.165, 1.54) is 24.3 Å². The van der Waals surface area contributed by atoms with Gasteiger partial charge in [0.15, 0.2) is 0 Å². The van der Waals surface area contributed by atoms with Crippen LogP contribution < -0.4 is 10.5 Å².